The van der Waals surface area contributed by atoms with Gasteiger partial charge in [-0.05, 0) is 43.7 Å². The molecule has 0 atom stereocenters. The zero-order valence-electron chi connectivity index (χ0n) is 18.2. The topological polar surface area (TPSA) is 93.1 Å². The third-order valence-electron chi connectivity index (χ3n) is 5.57. The SMILES string of the molecule is CCOc1ccc(-n2c(SCC(=O)N3CCCC3=O)nnc2-c2c[nH]c3ccccc23)cc1. The first-order chi connectivity index (χ1) is 16.2. The lowest BCUT2D eigenvalue weighted by atomic mass is 10.1. The van der Waals surface area contributed by atoms with Gasteiger partial charge in [0.05, 0.1) is 12.4 Å². The summed E-state index contributed by atoms with van der Waals surface area (Å²) in [6, 6.07) is 15.7. The summed E-state index contributed by atoms with van der Waals surface area (Å²) in [4.78, 5) is 29.2. The summed E-state index contributed by atoms with van der Waals surface area (Å²) in [5, 5.41) is 10.5. The Bertz CT molecular complexity index is 1310. The van der Waals surface area contributed by atoms with E-state index in [0.717, 1.165) is 34.3 Å². The first-order valence-corrected chi connectivity index (χ1v) is 11.9. The number of aromatic amines is 1. The molecule has 1 saturated heterocycles. The number of hydrogen-bond acceptors (Lipinski definition) is 6. The first kappa shape index (κ1) is 21.3. The van der Waals surface area contributed by atoms with Crippen LogP contribution in [0.3, 0.4) is 0 Å². The second kappa shape index (κ2) is 9.11. The van der Waals surface area contributed by atoms with E-state index in [9.17, 15) is 9.59 Å². The van der Waals surface area contributed by atoms with E-state index in [0.29, 0.717) is 30.6 Å². The Balaban J connectivity index is 1.52. The molecule has 1 fully saturated rings. The number of carbonyl (C=O) groups excluding carboxylic acids is 2. The second-order valence-corrected chi connectivity index (χ2v) is 8.59. The Morgan fingerprint density at radius 3 is 2.73 bits per heavy atom. The molecule has 3 heterocycles. The third-order valence-corrected chi connectivity index (χ3v) is 6.48. The Hall–Kier alpha value is -3.59. The van der Waals surface area contributed by atoms with Crippen LogP contribution < -0.4 is 4.74 Å². The van der Waals surface area contributed by atoms with E-state index >= 15 is 0 Å². The lowest BCUT2D eigenvalue weighted by Gasteiger charge is -2.14. The van der Waals surface area contributed by atoms with Gasteiger partial charge in [-0.2, -0.15) is 0 Å². The van der Waals surface area contributed by atoms with Crippen LogP contribution in [0.5, 0.6) is 5.75 Å². The number of amides is 2. The molecule has 9 heteroatoms. The number of ether oxygens (including phenoxy) is 1. The van der Waals surface area contributed by atoms with E-state index in [1.165, 1.54) is 16.7 Å². The van der Waals surface area contributed by atoms with Gasteiger partial charge in [-0.1, -0.05) is 30.0 Å². The fraction of sp³-hybridized carbons (Fsp3) is 0.250. The van der Waals surface area contributed by atoms with E-state index in [2.05, 4.69) is 15.2 Å². The molecule has 1 N–H and O–H groups in total. The van der Waals surface area contributed by atoms with Crippen LogP contribution in [0, 0.1) is 0 Å². The number of benzene rings is 2. The van der Waals surface area contributed by atoms with Crippen LogP contribution in [-0.2, 0) is 9.59 Å². The third kappa shape index (κ3) is 4.11. The normalized spacial score (nSPS) is 13.7. The molecule has 0 spiro atoms. The number of thioether (sulfide) groups is 1. The van der Waals surface area contributed by atoms with Crippen molar-refractivity contribution in [3.05, 3.63) is 54.7 Å². The van der Waals surface area contributed by atoms with Crippen LogP contribution in [0.1, 0.15) is 19.8 Å². The molecule has 1 aliphatic heterocycles. The summed E-state index contributed by atoms with van der Waals surface area (Å²) in [6.45, 7) is 3.02. The Kier molecular flexibility index (Phi) is 5.87. The van der Waals surface area contributed by atoms with Gasteiger partial charge >= 0.3 is 0 Å². The van der Waals surface area contributed by atoms with Gasteiger partial charge in [0.25, 0.3) is 0 Å². The lowest BCUT2D eigenvalue weighted by Crippen LogP contribution is -2.33. The predicted octanol–water partition coefficient (Wildman–Crippen LogP) is 4.06. The van der Waals surface area contributed by atoms with Crippen molar-refractivity contribution < 1.29 is 14.3 Å². The van der Waals surface area contributed by atoms with Gasteiger partial charge in [0, 0.05) is 41.3 Å². The number of H-pyrrole nitrogens is 1. The highest BCUT2D eigenvalue weighted by molar-refractivity contribution is 7.99. The average Bonchev–Trinajstić information content (AvgIpc) is 3.56. The van der Waals surface area contributed by atoms with Crippen molar-refractivity contribution in [1.82, 2.24) is 24.6 Å². The summed E-state index contributed by atoms with van der Waals surface area (Å²) in [5.41, 5.74) is 2.78. The molecule has 33 heavy (non-hydrogen) atoms. The van der Waals surface area contributed by atoms with Crippen LogP contribution in [0.2, 0.25) is 0 Å². The number of nitrogens with zero attached hydrogens (tertiary/aromatic N) is 4. The highest BCUT2D eigenvalue weighted by Gasteiger charge is 2.27. The molecular formula is C24H23N5O3S. The van der Waals surface area contributed by atoms with Gasteiger partial charge in [0.2, 0.25) is 11.8 Å². The number of aromatic nitrogens is 4. The fourth-order valence-corrected chi connectivity index (χ4v) is 4.83. The van der Waals surface area contributed by atoms with Gasteiger partial charge in [-0.25, -0.2) is 0 Å². The number of hydrogen-bond donors (Lipinski definition) is 1. The number of nitrogens with one attached hydrogen (secondary N) is 1. The summed E-state index contributed by atoms with van der Waals surface area (Å²) in [6.07, 6.45) is 3.08. The van der Waals surface area contributed by atoms with Crippen LogP contribution in [0.15, 0.2) is 59.9 Å². The molecule has 0 aliphatic carbocycles. The maximum atomic E-state index is 12.6. The summed E-state index contributed by atoms with van der Waals surface area (Å²) in [7, 11) is 0. The van der Waals surface area contributed by atoms with Gasteiger partial charge in [0.1, 0.15) is 5.75 Å². The van der Waals surface area contributed by atoms with Crippen molar-refractivity contribution in [2.45, 2.75) is 24.9 Å². The lowest BCUT2D eigenvalue weighted by molar-refractivity contribution is -0.140. The number of likely N-dealkylation sites (tertiary alicyclic amines) is 1. The number of fused-ring (bicyclic) bond motifs is 1. The van der Waals surface area contributed by atoms with E-state index < -0.39 is 0 Å². The van der Waals surface area contributed by atoms with Crippen molar-refractivity contribution in [2.24, 2.45) is 0 Å². The second-order valence-electron chi connectivity index (χ2n) is 7.65. The fourth-order valence-electron chi connectivity index (χ4n) is 4.00. The van der Waals surface area contributed by atoms with Crippen molar-refractivity contribution in [3.8, 4) is 22.8 Å². The molecule has 4 aromatic rings. The standard InChI is InChI=1S/C24H23N5O3S/c1-2-32-17-11-9-16(10-12-17)29-23(19-14-25-20-7-4-3-6-18(19)20)26-27-24(29)33-15-22(31)28-13-5-8-21(28)30/h3-4,6-7,9-12,14,25H,2,5,8,13,15H2,1H3. The van der Waals surface area contributed by atoms with Gasteiger partial charge in [-0.15, -0.1) is 10.2 Å². The zero-order chi connectivity index (χ0) is 22.8. The quantitative estimate of drug-likeness (QED) is 0.417. The van der Waals surface area contributed by atoms with E-state index in [-0.39, 0.29) is 17.6 Å². The van der Waals surface area contributed by atoms with Crippen LogP contribution in [0.25, 0.3) is 28.0 Å². The van der Waals surface area contributed by atoms with Gasteiger partial charge < -0.3 is 9.72 Å². The Morgan fingerprint density at radius 1 is 1.15 bits per heavy atom. The highest BCUT2D eigenvalue weighted by Crippen LogP contribution is 2.33. The minimum atomic E-state index is -0.197. The number of imide groups is 1. The average molecular weight is 462 g/mol. The molecule has 0 unspecified atom stereocenters. The summed E-state index contributed by atoms with van der Waals surface area (Å²) in [5.74, 6) is 1.27. The minimum Gasteiger partial charge on any atom is -0.494 e. The van der Waals surface area contributed by atoms with Crippen molar-refractivity contribution >= 4 is 34.5 Å². The monoisotopic (exact) mass is 461 g/mol. The Morgan fingerprint density at radius 2 is 1.97 bits per heavy atom. The van der Waals surface area contributed by atoms with E-state index in [1.54, 1.807) is 0 Å². The van der Waals surface area contributed by atoms with Crippen molar-refractivity contribution in [1.29, 1.82) is 0 Å². The Labute approximate surface area is 194 Å². The van der Waals surface area contributed by atoms with E-state index in [1.807, 2.05) is 66.2 Å². The van der Waals surface area contributed by atoms with Crippen molar-refractivity contribution in [2.75, 3.05) is 18.9 Å². The molecule has 168 valence electrons. The summed E-state index contributed by atoms with van der Waals surface area (Å²) >= 11 is 1.28. The molecule has 0 saturated carbocycles. The molecule has 1 aliphatic rings. The maximum Gasteiger partial charge on any atom is 0.239 e. The zero-order valence-corrected chi connectivity index (χ0v) is 19.0. The van der Waals surface area contributed by atoms with Crippen LogP contribution >= 0.6 is 11.8 Å². The van der Waals surface area contributed by atoms with Crippen molar-refractivity contribution in [3.63, 3.8) is 0 Å². The maximum absolute atomic E-state index is 12.6. The molecule has 2 aromatic heterocycles. The van der Waals surface area contributed by atoms with Crippen LogP contribution in [-0.4, -0.2) is 55.4 Å². The number of carbonyl (C=O) groups is 2. The van der Waals surface area contributed by atoms with E-state index in [4.69, 9.17) is 4.74 Å². The van der Waals surface area contributed by atoms with Gasteiger partial charge in [-0.3, -0.25) is 19.1 Å². The predicted molar refractivity (Wildman–Crippen MR) is 126 cm³/mol. The molecule has 0 bridgehead atoms. The van der Waals surface area contributed by atoms with Crippen LogP contribution in [0.4, 0.5) is 0 Å². The molecule has 2 aromatic carbocycles. The highest BCUT2D eigenvalue weighted by atomic mass is 32.2. The molecule has 0 radical (unpaired) electrons. The smallest absolute Gasteiger partial charge is 0.239 e. The number of rotatable bonds is 7. The molecule has 2 amide bonds. The number of para-hydroxylation sites is 1. The minimum absolute atomic E-state index is 0.104. The summed E-state index contributed by atoms with van der Waals surface area (Å²) < 4.78 is 7.52. The largest absolute Gasteiger partial charge is 0.494 e. The van der Waals surface area contributed by atoms with Gasteiger partial charge in [0.15, 0.2) is 11.0 Å². The molecule has 8 nitrogen and oxygen atoms in total. The molecule has 5 rings (SSSR count). The molecular weight excluding hydrogens is 438 g/mol. The first-order valence-electron chi connectivity index (χ1n) is 10.9.